The van der Waals surface area contributed by atoms with Gasteiger partial charge in [0.05, 0.1) is 13.7 Å². The number of nitrogens with zero attached hydrogens (tertiary/aromatic N) is 3. The number of likely N-dealkylation sites (tertiary alicyclic amines) is 1. The van der Waals surface area contributed by atoms with Crippen LogP contribution in [0.5, 0.6) is 11.9 Å². The van der Waals surface area contributed by atoms with Crippen LogP contribution in [0.3, 0.4) is 0 Å². The van der Waals surface area contributed by atoms with Crippen molar-refractivity contribution in [2.45, 2.75) is 31.8 Å². The van der Waals surface area contributed by atoms with Crippen LogP contribution in [-0.4, -0.2) is 52.9 Å². The van der Waals surface area contributed by atoms with Crippen molar-refractivity contribution in [1.29, 1.82) is 0 Å². The maximum absolute atomic E-state index is 12.5. The standard InChI is InChI=1S/C20H22ClN3O4/c1-27-20-22-11-10-18(23-20)28-16-3-2-12-24(13-16)19(26)9-8-17(25)14-4-6-15(21)7-5-14/h4-7,10-11,16H,2-3,8-9,12-13H2,1H3. The lowest BCUT2D eigenvalue weighted by Gasteiger charge is -2.32. The fourth-order valence-electron chi connectivity index (χ4n) is 3.08. The van der Waals surface area contributed by atoms with Gasteiger partial charge >= 0.3 is 6.01 Å². The number of carbonyl (C=O) groups excluding carboxylic acids is 2. The summed E-state index contributed by atoms with van der Waals surface area (Å²) in [7, 11) is 1.49. The second kappa shape index (κ2) is 9.50. The average Bonchev–Trinajstić information content (AvgIpc) is 2.72. The Kier molecular flexibility index (Phi) is 6.81. The lowest BCUT2D eigenvalue weighted by molar-refractivity contribution is -0.133. The summed E-state index contributed by atoms with van der Waals surface area (Å²) in [6.07, 6.45) is 3.43. The topological polar surface area (TPSA) is 81.6 Å². The second-order valence-electron chi connectivity index (χ2n) is 6.53. The van der Waals surface area contributed by atoms with Gasteiger partial charge in [0, 0.05) is 42.2 Å². The summed E-state index contributed by atoms with van der Waals surface area (Å²) in [6.45, 7) is 1.14. The number of ketones is 1. The highest BCUT2D eigenvalue weighted by Crippen LogP contribution is 2.19. The highest BCUT2D eigenvalue weighted by molar-refractivity contribution is 6.30. The summed E-state index contributed by atoms with van der Waals surface area (Å²) < 4.78 is 10.9. The number of hydrogen-bond donors (Lipinski definition) is 0. The molecule has 2 heterocycles. The minimum absolute atomic E-state index is 0.0455. The normalized spacial score (nSPS) is 16.5. The van der Waals surface area contributed by atoms with Gasteiger partial charge in [0.25, 0.3) is 0 Å². The molecule has 1 aromatic heterocycles. The number of Topliss-reactive ketones (excluding diaryl/α,β-unsaturated/α-hetero) is 1. The molecule has 0 bridgehead atoms. The van der Waals surface area contributed by atoms with E-state index in [0.29, 0.717) is 29.6 Å². The number of amides is 1. The van der Waals surface area contributed by atoms with E-state index in [0.717, 1.165) is 12.8 Å². The van der Waals surface area contributed by atoms with Gasteiger partial charge < -0.3 is 14.4 Å². The van der Waals surface area contributed by atoms with Crippen LogP contribution in [0, 0.1) is 0 Å². The third-order valence-corrected chi connectivity index (χ3v) is 4.79. The molecule has 7 nitrogen and oxygen atoms in total. The molecule has 0 radical (unpaired) electrons. The number of benzene rings is 1. The average molecular weight is 404 g/mol. The van der Waals surface area contributed by atoms with Gasteiger partial charge in [0.1, 0.15) is 6.10 Å². The molecule has 1 saturated heterocycles. The van der Waals surface area contributed by atoms with Crippen LogP contribution in [0.2, 0.25) is 5.02 Å². The number of ether oxygens (including phenoxy) is 2. The Morgan fingerprint density at radius 1 is 1.21 bits per heavy atom. The van der Waals surface area contributed by atoms with Gasteiger partial charge in [-0.15, -0.1) is 0 Å². The second-order valence-corrected chi connectivity index (χ2v) is 6.97. The zero-order valence-electron chi connectivity index (χ0n) is 15.6. The van der Waals surface area contributed by atoms with Gasteiger partial charge in [0.2, 0.25) is 11.8 Å². The number of hydrogen-bond acceptors (Lipinski definition) is 6. The van der Waals surface area contributed by atoms with Gasteiger partial charge in [-0.05, 0) is 37.1 Å². The van der Waals surface area contributed by atoms with Gasteiger partial charge in [-0.2, -0.15) is 4.98 Å². The summed E-state index contributed by atoms with van der Waals surface area (Å²) in [5, 5.41) is 0.577. The summed E-state index contributed by atoms with van der Waals surface area (Å²) in [6, 6.07) is 8.60. The molecule has 0 aliphatic carbocycles. The summed E-state index contributed by atoms with van der Waals surface area (Å²) in [5.41, 5.74) is 0.565. The zero-order valence-corrected chi connectivity index (χ0v) is 16.4. The van der Waals surface area contributed by atoms with Crippen molar-refractivity contribution in [1.82, 2.24) is 14.9 Å². The van der Waals surface area contributed by atoms with Crippen LogP contribution < -0.4 is 9.47 Å². The molecule has 1 amide bonds. The molecule has 0 saturated carbocycles. The number of piperidine rings is 1. The molecule has 1 aromatic carbocycles. The molecule has 3 rings (SSSR count). The minimum Gasteiger partial charge on any atom is -0.472 e. The van der Waals surface area contributed by atoms with Gasteiger partial charge in [-0.3, -0.25) is 9.59 Å². The molecule has 1 unspecified atom stereocenters. The van der Waals surface area contributed by atoms with E-state index < -0.39 is 0 Å². The Hall–Kier alpha value is -2.67. The van der Waals surface area contributed by atoms with Crippen LogP contribution in [-0.2, 0) is 4.79 Å². The zero-order chi connectivity index (χ0) is 19.9. The Labute approximate surface area is 168 Å². The van der Waals surface area contributed by atoms with Crippen LogP contribution in [0.15, 0.2) is 36.5 Å². The Bertz CT molecular complexity index is 828. The smallest absolute Gasteiger partial charge is 0.319 e. The molecule has 2 aromatic rings. The largest absolute Gasteiger partial charge is 0.472 e. The SMILES string of the molecule is COc1nccc(OC2CCCN(C(=O)CCC(=O)c3ccc(Cl)cc3)C2)n1. The quantitative estimate of drug-likeness (QED) is 0.660. The van der Waals surface area contributed by atoms with E-state index in [9.17, 15) is 9.59 Å². The first kappa shape index (κ1) is 20.1. The molecule has 0 spiro atoms. The molecular formula is C20H22ClN3O4. The number of halogens is 1. The first-order chi connectivity index (χ1) is 13.5. The van der Waals surface area contributed by atoms with Crippen molar-refractivity contribution in [3.63, 3.8) is 0 Å². The summed E-state index contributed by atoms with van der Waals surface area (Å²) in [4.78, 5) is 34.6. The van der Waals surface area contributed by atoms with Gasteiger partial charge in [-0.1, -0.05) is 11.6 Å². The van der Waals surface area contributed by atoms with E-state index in [1.807, 2.05) is 0 Å². The van der Waals surface area contributed by atoms with Crippen molar-refractivity contribution in [3.05, 3.63) is 47.1 Å². The van der Waals surface area contributed by atoms with Crippen molar-refractivity contribution in [2.75, 3.05) is 20.2 Å². The van der Waals surface area contributed by atoms with Crippen LogP contribution in [0.4, 0.5) is 0 Å². The van der Waals surface area contributed by atoms with E-state index in [1.165, 1.54) is 7.11 Å². The lowest BCUT2D eigenvalue weighted by atomic mass is 10.0. The molecule has 148 valence electrons. The predicted molar refractivity (Wildman–Crippen MR) is 104 cm³/mol. The minimum atomic E-state index is -0.149. The fourth-order valence-corrected chi connectivity index (χ4v) is 3.21. The molecule has 8 heteroatoms. The molecule has 0 N–H and O–H groups in total. The van der Waals surface area contributed by atoms with Crippen molar-refractivity contribution in [2.24, 2.45) is 0 Å². The number of rotatable bonds is 7. The van der Waals surface area contributed by atoms with Crippen LogP contribution >= 0.6 is 11.6 Å². The van der Waals surface area contributed by atoms with E-state index in [1.54, 1.807) is 41.4 Å². The Balaban J connectivity index is 1.51. The fraction of sp³-hybridized carbons (Fsp3) is 0.400. The highest BCUT2D eigenvalue weighted by atomic mass is 35.5. The first-order valence-electron chi connectivity index (χ1n) is 9.15. The molecule has 1 atom stereocenters. The number of carbonyl (C=O) groups is 2. The third-order valence-electron chi connectivity index (χ3n) is 4.54. The first-order valence-corrected chi connectivity index (χ1v) is 9.53. The summed E-state index contributed by atoms with van der Waals surface area (Å²) >= 11 is 5.84. The highest BCUT2D eigenvalue weighted by Gasteiger charge is 2.25. The monoisotopic (exact) mass is 403 g/mol. The van der Waals surface area contributed by atoms with E-state index in [4.69, 9.17) is 21.1 Å². The van der Waals surface area contributed by atoms with Crippen LogP contribution in [0.25, 0.3) is 0 Å². The maximum Gasteiger partial charge on any atom is 0.319 e. The molecule has 28 heavy (non-hydrogen) atoms. The summed E-state index contributed by atoms with van der Waals surface area (Å²) in [5.74, 6) is 0.308. The Morgan fingerprint density at radius 3 is 2.75 bits per heavy atom. The van der Waals surface area contributed by atoms with Crippen LogP contribution in [0.1, 0.15) is 36.0 Å². The molecular weight excluding hydrogens is 382 g/mol. The van der Waals surface area contributed by atoms with Gasteiger partial charge in [-0.25, -0.2) is 4.98 Å². The number of methoxy groups -OCH3 is 1. The van der Waals surface area contributed by atoms with E-state index in [-0.39, 0.29) is 36.6 Å². The van der Waals surface area contributed by atoms with Gasteiger partial charge in [0.15, 0.2) is 5.78 Å². The molecule has 1 aliphatic rings. The van der Waals surface area contributed by atoms with E-state index in [2.05, 4.69) is 9.97 Å². The molecule has 1 aliphatic heterocycles. The Morgan fingerprint density at radius 2 is 2.00 bits per heavy atom. The molecule has 1 fully saturated rings. The van der Waals surface area contributed by atoms with Crippen molar-refractivity contribution in [3.8, 4) is 11.9 Å². The maximum atomic E-state index is 12.5. The van der Waals surface area contributed by atoms with E-state index >= 15 is 0 Å². The number of aromatic nitrogens is 2. The van der Waals surface area contributed by atoms with Crippen molar-refractivity contribution < 1.29 is 19.1 Å². The predicted octanol–water partition coefficient (Wildman–Crippen LogP) is 3.17. The lowest BCUT2D eigenvalue weighted by Crippen LogP contribution is -2.44. The van der Waals surface area contributed by atoms with Crippen molar-refractivity contribution >= 4 is 23.3 Å². The third kappa shape index (κ3) is 5.42.